The summed E-state index contributed by atoms with van der Waals surface area (Å²) in [4.78, 5) is 23.7. The number of benzene rings is 2. The van der Waals surface area contributed by atoms with Crippen molar-refractivity contribution < 1.29 is 23.5 Å². The number of aliphatic hydroxyl groups excluding tert-OH is 1. The maximum atomic E-state index is 12.6. The first-order chi connectivity index (χ1) is 14.8. The second kappa shape index (κ2) is 9.76. The van der Waals surface area contributed by atoms with Crippen molar-refractivity contribution in [2.24, 2.45) is 11.1 Å². The summed E-state index contributed by atoms with van der Waals surface area (Å²) < 4.78 is 14.8. The molecule has 3 aromatic rings. The number of rotatable bonds is 9. The monoisotopic (exact) mass is 425 g/mol. The molecule has 7 heteroatoms. The third kappa shape index (κ3) is 5.71. The summed E-state index contributed by atoms with van der Waals surface area (Å²) in [6.45, 7) is 2.48. The third-order valence-corrected chi connectivity index (χ3v) is 5.28. The van der Waals surface area contributed by atoms with Crippen molar-refractivity contribution in [1.82, 2.24) is 0 Å². The molecule has 1 aromatic heterocycles. The highest BCUT2D eigenvalue weighted by atomic mass is 16.6. The van der Waals surface area contributed by atoms with Gasteiger partial charge in [0.05, 0.1) is 12.0 Å². The smallest absolute Gasteiger partial charge is 0.457 e. The van der Waals surface area contributed by atoms with E-state index in [4.69, 9.17) is 19.3 Å². The van der Waals surface area contributed by atoms with E-state index in [0.717, 1.165) is 16.7 Å². The molecule has 1 heterocycles. The Hall–Kier alpha value is -3.16. The van der Waals surface area contributed by atoms with Crippen molar-refractivity contribution in [2.45, 2.75) is 39.3 Å². The van der Waals surface area contributed by atoms with Gasteiger partial charge in [0.15, 0.2) is 18.1 Å². The average Bonchev–Trinajstić information content (AvgIpc) is 3.09. The van der Waals surface area contributed by atoms with Gasteiger partial charge < -0.3 is 24.4 Å². The molecule has 0 amide bonds. The van der Waals surface area contributed by atoms with Crippen molar-refractivity contribution in [2.75, 3.05) is 6.61 Å². The molecule has 0 radical (unpaired) electrons. The molecular formula is C24H27NO6. The molecule has 164 valence electrons. The van der Waals surface area contributed by atoms with Gasteiger partial charge in [0, 0.05) is 6.04 Å². The molecule has 0 aliphatic rings. The zero-order chi connectivity index (χ0) is 22.4. The van der Waals surface area contributed by atoms with Crippen molar-refractivity contribution in [3.05, 3.63) is 82.3 Å². The fraction of sp³-hybridized carbons (Fsp3) is 0.333. The van der Waals surface area contributed by atoms with E-state index in [1.54, 1.807) is 6.92 Å². The van der Waals surface area contributed by atoms with Crippen molar-refractivity contribution in [3.63, 3.8) is 0 Å². The lowest BCUT2D eigenvalue weighted by Gasteiger charge is -2.28. The summed E-state index contributed by atoms with van der Waals surface area (Å²) in [5.41, 5.74) is 8.41. The van der Waals surface area contributed by atoms with E-state index in [9.17, 15) is 14.7 Å². The first-order valence-corrected chi connectivity index (χ1v) is 10.1. The van der Waals surface area contributed by atoms with Gasteiger partial charge in [0.1, 0.15) is 0 Å². The lowest BCUT2D eigenvalue weighted by atomic mass is 9.83. The minimum atomic E-state index is -1.18. The highest BCUT2D eigenvalue weighted by Gasteiger charge is 2.36. The predicted octanol–water partition coefficient (Wildman–Crippen LogP) is 3.21. The molecule has 0 spiro atoms. The van der Waals surface area contributed by atoms with E-state index < -0.39 is 23.8 Å². The third-order valence-electron chi connectivity index (χ3n) is 5.28. The maximum absolute atomic E-state index is 12.6. The molecule has 31 heavy (non-hydrogen) atoms. The predicted molar refractivity (Wildman–Crippen MR) is 115 cm³/mol. The topological polar surface area (TPSA) is 116 Å². The van der Waals surface area contributed by atoms with Crippen LogP contribution < -0.4 is 11.6 Å². The van der Waals surface area contributed by atoms with Gasteiger partial charge >= 0.3 is 11.8 Å². The van der Waals surface area contributed by atoms with Gasteiger partial charge in [-0.05, 0) is 43.4 Å². The minimum absolute atomic E-state index is 0.140. The molecule has 2 atom stereocenters. The van der Waals surface area contributed by atoms with Gasteiger partial charge in [0.2, 0.25) is 0 Å². The molecule has 3 rings (SSSR count). The molecule has 0 saturated heterocycles. The Kier molecular flexibility index (Phi) is 7.09. The Balaban J connectivity index is 1.59. The van der Waals surface area contributed by atoms with E-state index in [-0.39, 0.29) is 30.6 Å². The molecule has 0 unspecified atom stereocenters. The van der Waals surface area contributed by atoms with Gasteiger partial charge in [0.25, 0.3) is 0 Å². The van der Waals surface area contributed by atoms with Gasteiger partial charge in [-0.25, -0.2) is 4.79 Å². The summed E-state index contributed by atoms with van der Waals surface area (Å²) >= 11 is 0. The Morgan fingerprint density at radius 1 is 1.10 bits per heavy atom. The summed E-state index contributed by atoms with van der Waals surface area (Å²) in [6, 6.07) is 17.8. The zero-order valence-electron chi connectivity index (χ0n) is 17.7. The zero-order valence-corrected chi connectivity index (χ0v) is 17.7. The van der Waals surface area contributed by atoms with Crippen LogP contribution in [0.5, 0.6) is 0 Å². The quantitative estimate of drug-likeness (QED) is 0.506. The van der Waals surface area contributed by atoms with Crippen LogP contribution >= 0.6 is 0 Å². The molecule has 3 N–H and O–H groups in total. The number of aryl methyl sites for hydroxylation is 1. The fourth-order valence-corrected chi connectivity index (χ4v) is 3.44. The maximum Gasteiger partial charge on any atom is 0.519 e. The summed E-state index contributed by atoms with van der Waals surface area (Å²) in [5.74, 6) is -1.08. The lowest BCUT2D eigenvalue weighted by Crippen LogP contribution is -2.40. The second-order valence-electron chi connectivity index (χ2n) is 7.96. The van der Waals surface area contributed by atoms with Crippen LogP contribution in [-0.4, -0.2) is 23.7 Å². The number of carbonyl (C=O) groups excluding carboxylic acids is 1. The van der Waals surface area contributed by atoms with Crippen LogP contribution in [0.4, 0.5) is 0 Å². The molecule has 0 bridgehead atoms. The standard InChI is InChI=1S/C24H27NO6/c1-16-21(31-23(28)30-16)14-29-22(27)24(2,15-26)13-20(25)12-17-8-10-19(11-9-17)18-6-4-3-5-7-18/h3-11,20,26H,12-15,25H2,1-2H3/t20-,24+/m1/s1. The van der Waals surface area contributed by atoms with E-state index >= 15 is 0 Å². The Morgan fingerprint density at radius 2 is 1.74 bits per heavy atom. The molecule has 0 aliphatic carbocycles. The van der Waals surface area contributed by atoms with E-state index in [0.29, 0.717) is 6.42 Å². The van der Waals surface area contributed by atoms with Crippen molar-refractivity contribution in [1.29, 1.82) is 0 Å². The van der Waals surface area contributed by atoms with Crippen LogP contribution in [0.1, 0.15) is 30.4 Å². The molecule has 0 saturated carbocycles. The van der Waals surface area contributed by atoms with Crippen molar-refractivity contribution in [3.8, 4) is 11.1 Å². The fourth-order valence-electron chi connectivity index (χ4n) is 3.44. The highest BCUT2D eigenvalue weighted by molar-refractivity contribution is 5.76. The van der Waals surface area contributed by atoms with E-state index in [2.05, 4.69) is 12.1 Å². The SMILES string of the molecule is Cc1oc(=O)oc1COC(=O)[C@](C)(CO)C[C@H](N)Cc1ccc(-c2ccccc2)cc1. The Bertz CT molecular complexity index is 1050. The van der Waals surface area contributed by atoms with Gasteiger partial charge in [-0.1, -0.05) is 54.6 Å². The largest absolute Gasteiger partial charge is 0.519 e. The number of hydrogen-bond donors (Lipinski definition) is 2. The minimum Gasteiger partial charge on any atom is -0.457 e. The van der Waals surface area contributed by atoms with Gasteiger partial charge in [-0.2, -0.15) is 0 Å². The lowest BCUT2D eigenvalue weighted by molar-refractivity contribution is -0.160. The number of carbonyl (C=O) groups is 1. The van der Waals surface area contributed by atoms with Crippen LogP contribution in [0.2, 0.25) is 0 Å². The van der Waals surface area contributed by atoms with Crippen LogP contribution in [0, 0.1) is 12.3 Å². The molecule has 7 nitrogen and oxygen atoms in total. The number of esters is 1. The normalized spacial score (nSPS) is 14.1. The first kappa shape index (κ1) is 22.5. The van der Waals surface area contributed by atoms with Crippen LogP contribution in [0.3, 0.4) is 0 Å². The number of ether oxygens (including phenoxy) is 1. The highest BCUT2D eigenvalue weighted by Crippen LogP contribution is 2.27. The number of aliphatic hydroxyl groups is 1. The van der Waals surface area contributed by atoms with E-state index in [1.807, 2.05) is 42.5 Å². The molecule has 0 aliphatic heterocycles. The van der Waals surface area contributed by atoms with E-state index in [1.165, 1.54) is 6.92 Å². The molecular weight excluding hydrogens is 398 g/mol. The van der Waals surface area contributed by atoms with Crippen molar-refractivity contribution >= 4 is 5.97 Å². The van der Waals surface area contributed by atoms with Gasteiger partial charge in [-0.3, -0.25) is 4.79 Å². The number of hydrogen-bond acceptors (Lipinski definition) is 7. The Labute approximate surface area is 180 Å². The summed E-state index contributed by atoms with van der Waals surface area (Å²) in [6.07, 6.45) is 0.782. The number of nitrogens with two attached hydrogens (primary N) is 1. The summed E-state index contributed by atoms with van der Waals surface area (Å²) in [5, 5.41) is 9.84. The molecule has 2 aromatic carbocycles. The molecule has 0 fully saturated rings. The second-order valence-corrected chi connectivity index (χ2v) is 7.96. The average molecular weight is 425 g/mol. The van der Waals surface area contributed by atoms with Crippen LogP contribution in [0.15, 0.2) is 68.2 Å². The van der Waals surface area contributed by atoms with Crippen LogP contribution in [-0.2, 0) is 22.6 Å². The van der Waals surface area contributed by atoms with Gasteiger partial charge in [-0.15, -0.1) is 0 Å². The summed E-state index contributed by atoms with van der Waals surface area (Å²) in [7, 11) is 0. The van der Waals surface area contributed by atoms with Crippen LogP contribution in [0.25, 0.3) is 11.1 Å². The first-order valence-electron chi connectivity index (χ1n) is 10.1. The Morgan fingerprint density at radius 3 is 2.32 bits per heavy atom.